The predicted octanol–water partition coefficient (Wildman–Crippen LogP) is 5.23. The van der Waals surface area contributed by atoms with Crippen molar-refractivity contribution in [2.24, 2.45) is 0 Å². The molecule has 0 spiro atoms. The first-order valence-electron chi connectivity index (χ1n) is 8.88. The fraction of sp³-hybridized carbons (Fsp3) is 0.136. The smallest absolute Gasteiger partial charge is 0.262 e. The molecule has 150 valence electrons. The van der Waals surface area contributed by atoms with Gasteiger partial charge in [0, 0.05) is 17.9 Å². The monoisotopic (exact) mass is 458 g/mol. The van der Waals surface area contributed by atoms with Crippen molar-refractivity contribution in [2.45, 2.75) is 6.54 Å². The number of amides is 1. The van der Waals surface area contributed by atoms with Crippen molar-refractivity contribution < 1.29 is 18.7 Å². The fourth-order valence-corrected chi connectivity index (χ4v) is 3.10. The molecule has 0 atom stereocenters. The third-order valence-corrected chi connectivity index (χ3v) is 4.69. The molecule has 0 radical (unpaired) electrons. The lowest BCUT2D eigenvalue weighted by Crippen LogP contribution is -2.20. The standard InChI is InChI=1S/C22H20BrFN2O3/c1-28-19-9-7-17(8-10-19)25-13-15-2-11-21(20(23)12-15)29-14-22(27)26-18-5-3-16(24)4-6-18/h2-12,25H,13-14H2,1H3,(H,26,27). The average molecular weight is 459 g/mol. The molecule has 0 aromatic heterocycles. The number of carbonyl (C=O) groups excluding carboxylic acids is 1. The number of carbonyl (C=O) groups is 1. The molecular weight excluding hydrogens is 439 g/mol. The molecule has 29 heavy (non-hydrogen) atoms. The van der Waals surface area contributed by atoms with Crippen LogP contribution < -0.4 is 20.1 Å². The van der Waals surface area contributed by atoms with Crippen LogP contribution in [0.1, 0.15) is 5.56 Å². The summed E-state index contributed by atoms with van der Waals surface area (Å²) >= 11 is 3.47. The molecule has 0 saturated carbocycles. The summed E-state index contributed by atoms with van der Waals surface area (Å²) in [5, 5.41) is 5.98. The van der Waals surface area contributed by atoms with Crippen molar-refractivity contribution in [1.82, 2.24) is 0 Å². The van der Waals surface area contributed by atoms with Gasteiger partial charge in [-0.1, -0.05) is 6.07 Å². The lowest BCUT2D eigenvalue weighted by atomic mass is 10.2. The zero-order chi connectivity index (χ0) is 20.6. The summed E-state index contributed by atoms with van der Waals surface area (Å²) in [5.74, 6) is 0.689. The molecule has 3 aromatic rings. The highest BCUT2D eigenvalue weighted by atomic mass is 79.9. The Kier molecular flexibility index (Phi) is 7.08. The molecular formula is C22H20BrFN2O3. The number of rotatable bonds is 8. The SMILES string of the molecule is COc1ccc(NCc2ccc(OCC(=O)Nc3ccc(F)cc3)c(Br)c2)cc1. The van der Waals surface area contributed by atoms with Crippen LogP contribution in [0.3, 0.4) is 0 Å². The molecule has 0 heterocycles. The van der Waals surface area contributed by atoms with E-state index in [1.54, 1.807) is 13.2 Å². The van der Waals surface area contributed by atoms with Gasteiger partial charge < -0.3 is 20.1 Å². The van der Waals surface area contributed by atoms with Gasteiger partial charge in [-0.25, -0.2) is 4.39 Å². The third kappa shape index (κ3) is 6.22. The molecule has 2 N–H and O–H groups in total. The van der Waals surface area contributed by atoms with Crippen LogP contribution in [0.2, 0.25) is 0 Å². The molecule has 0 fully saturated rings. The second kappa shape index (κ2) is 9.93. The van der Waals surface area contributed by atoms with Gasteiger partial charge in [0.2, 0.25) is 0 Å². The van der Waals surface area contributed by atoms with E-state index in [0.717, 1.165) is 21.5 Å². The van der Waals surface area contributed by atoms with Crippen molar-refractivity contribution >= 4 is 33.2 Å². The number of halogens is 2. The average Bonchev–Trinajstić information content (AvgIpc) is 2.73. The van der Waals surface area contributed by atoms with Crippen LogP contribution in [-0.2, 0) is 11.3 Å². The van der Waals surface area contributed by atoms with Crippen LogP contribution in [0.4, 0.5) is 15.8 Å². The molecule has 3 aromatic carbocycles. The van der Waals surface area contributed by atoms with Crippen LogP contribution in [-0.4, -0.2) is 19.6 Å². The van der Waals surface area contributed by atoms with Crippen molar-refractivity contribution in [3.05, 3.63) is 82.6 Å². The van der Waals surface area contributed by atoms with E-state index < -0.39 is 0 Å². The molecule has 0 saturated heterocycles. The van der Waals surface area contributed by atoms with Crippen molar-refractivity contribution in [3.8, 4) is 11.5 Å². The molecule has 0 aliphatic rings. The summed E-state index contributed by atoms with van der Waals surface area (Å²) in [6, 6.07) is 18.9. The Morgan fingerprint density at radius 1 is 1.00 bits per heavy atom. The van der Waals surface area contributed by atoms with E-state index in [9.17, 15) is 9.18 Å². The minimum Gasteiger partial charge on any atom is -0.497 e. The Morgan fingerprint density at radius 2 is 1.69 bits per heavy atom. The van der Waals surface area contributed by atoms with E-state index in [1.165, 1.54) is 24.3 Å². The summed E-state index contributed by atoms with van der Waals surface area (Å²) < 4.78 is 24.4. The molecule has 0 unspecified atom stereocenters. The number of ether oxygens (including phenoxy) is 2. The van der Waals surface area contributed by atoms with Gasteiger partial charge in [-0.05, 0) is 82.2 Å². The van der Waals surface area contributed by atoms with E-state index in [1.807, 2.05) is 36.4 Å². The summed E-state index contributed by atoms with van der Waals surface area (Å²) in [6.07, 6.45) is 0. The maximum Gasteiger partial charge on any atom is 0.262 e. The Balaban J connectivity index is 1.50. The van der Waals surface area contributed by atoms with Crippen molar-refractivity contribution in [3.63, 3.8) is 0 Å². The van der Waals surface area contributed by atoms with E-state index in [4.69, 9.17) is 9.47 Å². The molecule has 1 amide bonds. The third-order valence-electron chi connectivity index (χ3n) is 4.07. The second-order valence-corrected chi connectivity index (χ2v) is 7.04. The number of hydrogen-bond acceptors (Lipinski definition) is 4. The maximum atomic E-state index is 12.9. The zero-order valence-electron chi connectivity index (χ0n) is 15.7. The molecule has 7 heteroatoms. The van der Waals surface area contributed by atoms with Crippen LogP contribution in [0, 0.1) is 5.82 Å². The van der Waals surface area contributed by atoms with Gasteiger partial charge in [0.05, 0.1) is 11.6 Å². The van der Waals surface area contributed by atoms with Gasteiger partial charge in [-0.15, -0.1) is 0 Å². The molecule has 3 rings (SSSR count). The first-order chi connectivity index (χ1) is 14.0. The van der Waals surface area contributed by atoms with Gasteiger partial charge >= 0.3 is 0 Å². The van der Waals surface area contributed by atoms with Crippen LogP contribution >= 0.6 is 15.9 Å². The highest BCUT2D eigenvalue weighted by molar-refractivity contribution is 9.10. The van der Waals surface area contributed by atoms with Gasteiger partial charge in [0.15, 0.2) is 6.61 Å². The number of hydrogen-bond donors (Lipinski definition) is 2. The molecule has 0 bridgehead atoms. The predicted molar refractivity (Wildman–Crippen MR) is 115 cm³/mol. The van der Waals surface area contributed by atoms with Crippen molar-refractivity contribution in [2.75, 3.05) is 24.4 Å². The highest BCUT2D eigenvalue weighted by Crippen LogP contribution is 2.26. The van der Waals surface area contributed by atoms with Crippen LogP contribution in [0.25, 0.3) is 0 Å². The first-order valence-corrected chi connectivity index (χ1v) is 9.67. The highest BCUT2D eigenvalue weighted by Gasteiger charge is 2.07. The Labute approximate surface area is 177 Å². The largest absolute Gasteiger partial charge is 0.497 e. The van der Waals surface area contributed by atoms with E-state index >= 15 is 0 Å². The van der Waals surface area contributed by atoms with Gasteiger partial charge in [-0.2, -0.15) is 0 Å². The Morgan fingerprint density at radius 3 is 2.34 bits per heavy atom. The summed E-state index contributed by atoms with van der Waals surface area (Å²) in [5.41, 5.74) is 2.55. The number of benzene rings is 3. The lowest BCUT2D eigenvalue weighted by Gasteiger charge is -2.11. The fourth-order valence-electron chi connectivity index (χ4n) is 2.56. The summed E-state index contributed by atoms with van der Waals surface area (Å²) in [7, 11) is 1.63. The van der Waals surface area contributed by atoms with Gasteiger partial charge in [0.25, 0.3) is 5.91 Å². The minimum atomic E-state index is -0.357. The summed E-state index contributed by atoms with van der Waals surface area (Å²) in [4.78, 5) is 12.0. The Hall–Kier alpha value is -3.06. The molecule has 0 aliphatic heterocycles. The topological polar surface area (TPSA) is 59.6 Å². The molecule has 5 nitrogen and oxygen atoms in total. The Bertz CT molecular complexity index is 963. The van der Waals surface area contributed by atoms with Gasteiger partial charge in [0.1, 0.15) is 17.3 Å². The van der Waals surface area contributed by atoms with E-state index in [-0.39, 0.29) is 18.3 Å². The quantitative estimate of drug-likeness (QED) is 0.485. The number of methoxy groups -OCH3 is 1. The molecule has 0 aliphatic carbocycles. The van der Waals surface area contributed by atoms with Crippen LogP contribution in [0.15, 0.2) is 71.2 Å². The van der Waals surface area contributed by atoms with Crippen LogP contribution in [0.5, 0.6) is 11.5 Å². The zero-order valence-corrected chi connectivity index (χ0v) is 17.3. The summed E-state index contributed by atoms with van der Waals surface area (Å²) in [6.45, 7) is 0.482. The number of anilines is 2. The normalized spacial score (nSPS) is 10.3. The van der Waals surface area contributed by atoms with E-state index in [0.29, 0.717) is 18.0 Å². The number of nitrogens with one attached hydrogen (secondary N) is 2. The van der Waals surface area contributed by atoms with E-state index in [2.05, 4.69) is 26.6 Å². The minimum absolute atomic E-state index is 0.153. The second-order valence-electron chi connectivity index (χ2n) is 6.19. The maximum absolute atomic E-state index is 12.9. The van der Waals surface area contributed by atoms with Gasteiger partial charge in [-0.3, -0.25) is 4.79 Å². The first kappa shape index (κ1) is 20.7. The van der Waals surface area contributed by atoms with Crippen molar-refractivity contribution in [1.29, 1.82) is 0 Å². The lowest BCUT2D eigenvalue weighted by molar-refractivity contribution is -0.118.